The first-order valence-electron chi connectivity index (χ1n) is 9.53. The van der Waals surface area contributed by atoms with E-state index in [1.165, 1.54) is 48.4 Å². The zero-order chi connectivity index (χ0) is 24.1. The van der Waals surface area contributed by atoms with Gasteiger partial charge in [-0.3, -0.25) is 34.6 Å². The van der Waals surface area contributed by atoms with Crippen molar-refractivity contribution in [1.82, 2.24) is 0 Å². The maximum atomic E-state index is 12.3. The van der Waals surface area contributed by atoms with E-state index in [1.54, 1.807) is 0 Å². The fourth-order valence-corrected chi connectivity index (χ4v) is 3.21. The van der Waals surface area contributed by atoms with Crippen LogP contribution in [0.4, 0.5) is 22.7 Å². The van der Waals surface area contributed by atoms with Crippen LogP contribution in [0.25, 0.3) is 0 Å². The van der Waals surface area contributed by atoms with Crippen LogP contribution >= 0.6 is 0 Å². The number of nitrogens with zero attached hydrogens (tertiary/aromatic N) is 3. The summed E-state index contributed by atoms with van der Waals surface area (Å²) in [6, 6.07) is 9.08. The van der Waals surface area contributed by atoms with E-state index in [1.807, 2.05) is 0 Å². The largest absolute Gasteiger partial charge is 0.497 e. The Balaban J connectivity index is 1.58. The van der Waals surface area contributed by atoms with E-state index in [2.05, 4.69) is 5.32 Å². The Bertz CT molecular complexity index is 1120. The third kappa shape index (κ3) is 5.39. The quantitative estimate of drug-likeness (QED) is 0.353. The Morgan fingerprint density at radius 2 is 1.82 bits per heavy atom. The number of nitro groups is 2. The number of carbonyl (C=O) groups excluding carboxylic acids is 3. The standard InChI is InChI=1S/C20H18N4O9/c1-32-15-6-7-17(24(30)31)16(9-15)21-18(25)11-33-20(27)12-8-19(26)22(10-12)13-2-4-14(5-3-13)23(28)29/h2-7,9,12H,8,10-11H2,1H3,(H,21,25)/t12-/m1/s1. The van der Waals surface area contributed by atoms with Gasteiger partial charge in [-0.2, -0.15) is 0 Å². The highest BCUT2D eigenvalue weighted by atomic mass is 16.6. The molecule has 33 heavy (non-hydrogen) atoms. The molecular weight excluding hydrogens is 440 g/mol. The third-order valence-electron chi connectivity index (χ3n) is 4.85. The minimum atomic E-state index is -0.841. The predicted molar refractivity (Wildman–Crippen MR) is 113 cm³/mol. The van der Waals surface area contributed by atoms with E-state index in [0.717, 1.165) is 6.07 Å². The molecular formula is C20H18N4O9. The van der Waals surface area contributed by atoms with Crippen molar-refractivity contribution >= 4 is 40.5 Å². The van der Waals surface area contributed by atoms with Gasteiger partial charge in [0.05, 0.1) is 22.9 Å². The molecule has 0 bridgehead atoms. The number of methoxy groups -OCH3 is 1. The number of non-ortho nitro benzene ring substituents is 1. The first kappa shape index (κ1) is 23.1. The van der Waals surface area contributed by atoms with Gasteiger partial charge < -0.3 is 19.7 Å². The van der Waals surface area contributed by atoms with Gasteiger partial charge in [-0.25, -0.2) is 0 Å². The number of esters is 1. The average molecular weight is 458 g/mol. The van der Waals surface area contributed by atoms with Gasteiger partial charge in [-0.05, 0) is 18.2 Å². The molecule has 0 radical (unpaired) electrons. The van der Waals surface area contributed by atoms with Crippen molar-refractivity contribution in [3.05, 3.63) is 62.7 Å². The molecule has 2 aromatic carbocycles. The van der Waals surface area contributed by atoms with Crippen LogP contribution in [0.15, 0.2) is 42.5 Å². The number of hydrogen-bond acceptors (Lipinski definition) is 9. The summed E-state index contributed by atoms with van der Waals surface area (Å²) in [5.74, 6) is -2.53. The summed E-state index contributed by atoms with van der Waals surface area (Å²) in [5.41, 5.74) is -0.232. The van der Waals surface area contributed by atoms with Crippen molar-refractivity contribution in [2.75, 3.05) is 30.5 Å². The molecule has 13 nitrogen and oxygen atoms in total. The second kappa shape index (κ2) is 9.72. The number of nitrogens with one attached hydrogen (secondary N) is 1. The van der Waals surface area contributed by atoms with Gasteiger partial charge in [0.25, 0.3) is 17.3 Å². The lowest BCUT2D eigenvalue weighted by atomic mass is 10.1. The van der Waals surface area contributed by atoms with Gasteiger partial charge >= 0.3 is 5.97 Å². The maximum Gasteiger partial charge on any atom is 0.311 e. The van der Waals surface area contributed by atoms with E-state index in [9.17, 15) is 34.6 Å². The number of nitro benzene ring substituents is 2. The predicted octanol–water partition coefficient (Wildman–Crippen LogP) is 2.05. The van der Waals surface area contributed by atoms with Gasteiger partial charge in [0.2, 0.25) is 5.91 Å². The van der Waals surface area contributed by atoms with Crippen LogP contribution in [-0.2, 0) is 19.1 Å². The first-order chi connectivity index (χ1) is 15.7. The molecule has 1 heterocycles. The molecule has 0 spiro atoms. The van der Waals surface area contributed by atoms with Crippen molar-refractivity contribution < 1.29 is 33.7 Å². The number of ether oxygens (including phenoxy) is 2. The van der Waals surface area contributed by atoms with Crippen molar-refractivity contribution in [2.24, 2.45) is 5.92 Å². The zero-order valence-electron chi connectivity index (χ0n) is 17.3. The van der Waals surface area contributed by atoms with Crippen molar-refractivity contribution in [2.45, 2.75) is 6.42 Å². The molecule has 1 N–H and O–H groups in total. The summed E-state index contributed by atoms with van der Waals surface area (Å²) in [7, 11) is 1.36. The Morgan fingerprint density at radius 3 is 2.42 bits per heavy atom. The molecule has 0 aliphatic carbocycles. The van der Waals surface area contributed by atoms with Crippen LogP contribution in [0, 0.1) is 26.1 Å². The van der Waals surface area contributed by atoms with Crippen LogP contribution in [-0.4, -0.2) is 47.9 Å². The average Bonchev–Trinajstić information content (AvgIpc) is 3.18. The summed E-state index contributed by atoms with van der Waals surface area (Å²) in [4.78, 5) is 58.7. The van der Waals surface area contributed by atoms with Gasteiger partial charge in [0, 0.05) is 42.9 Å². The van der Waals surface area contributed by atoms with Gasteiger partial charge in [0.15, 0.2) is 6.61 Å². The monoisotopic (exact) mass is 458 g/mol. The fourth-order valence-electron chi connectivity index (χ4n) is 3.21. The first-order valence-corrected chi connectivity index (χ1v) is 9.53. The molecule has 2 amide bonds. The van der Waals surface area contributed by atoms with Crippen molar-refractivity contribution in [1.29, 1.82) is 0 Å². The lowest BCUT2D eigenvalue weighted by molar-refractivity contribution is -0.384. The van der Waals surface area contributed by atoms with E-state index in [0.29, 0.717) is 5.69 Å². The zero-order valence-corrected chi connectivity index (χ0v) is 17.3. The molecule has 1 aliphatic rings. The van der Waals surface area contributed by atoms with Crippen molar-refractivity contribution in [3.63, 3.8) is 0 Å². The number of amides is 2. The number of carbonyl (C=O) groups is 3. The minimum absolute atomic E-state index is 0.0154. The third-order valence-corrected chi connectivity index (χ3v) is 4.85. The highest BCUT2D eigenvalue weighted by Crippen LogP contribution is 2.29. The van der Waals surface area contributed by atoms with Gasteiger partial charge in [-0.1, -0.05) is 0 Å². The molecule has 0 unspecified atom stereocenters. The highest BCUT2D eigenvalue weighted by molar-refractivity contribution is 6.00. The summed E-state index contributed by atoms with van der Waals surface area (Å²) in [6.45, 7) is -0.728. The minimum Gasteiger partial charge on any atom is -0.497 e. The van der Waals surface area contributed by atoms with Crippen LogP contribution in [0.2, 0.25) is 0 Å². The van der Waals surface area contributed by atoms with Gasteiger partial charge in [-0.15, -0.1) is 0 Å². The summed E-state index contributed by atoms with van der Waals surface area (Å²) in [6.07, 6.45) is -0.154. The van der Waals surface area contributed by atoms with E-state index in [4.69, 9.17) is 9.47 Å². The molecule has 0 aromatic heterocycles. The Morgan fingerprint density at radius 1 is 1.12 bits per heavy atom. The van der Waals surface area contributed by atoms with E-state index in [-0.39, 0.29) is 41.7 Å². The Kier molecular flexibility index (Phi) is 6.81. The summed E-state index contributed by atoms with van der Waals surface area (Å²) < 4.78 is 9.96. The molecule has 1 atom stereocenters. The molecule has 1 saturated heterocycles. The lowest BCUT2D eigenvalue weighted by Crippen LogP contribution is -2.28. The second-order valence-corrected chi connectivity index (χ2v) is 6.97. The van der Waals surface area contributed by atoms with Crippen LogP contribution in [0.3, 0.4) is 0 Å². The number of rotatable bonds is 8. The summed E-state index contributed by atoms with van der Waals surface area (Å²) in [5, 5.41) is 24.2. The topological polar surface area (TPSA) is 171 Å². The normalized spacial score (nSPS) is 15.1. The number of benzene rings is 2. The summed E-state index contributed by atoms with van der Waals surface area (Å²) >= 11 is 0. The van der Waals surface area contributed by atoms with Crippen LogP contribution < -0.4 is 15.0 Å². The fraction of sp³-hybridized carbons (Fsp3) is 0.250. The molecule has 1 fully saturated rings. The highest BCUT2D eigenvalue weighted by Gasteiger charge is 2.36. The van der Waals surface area contributed by atoms with Crippen LogP contribution in [0.1, 0.15) is 6.42 Å². The SMILES string of the molecule is COc1ccc([N+](=O)[O-])c(NC(=O)COC(=O)[C@@H]2CC(=O)N(c3ccc([N+](=O)[O-])cc3)C2)c1. The molecule has 172 valence electrons. The molecule has 1 aliphatic heterocycles. The maximum absolute atomic E-state index is 12.3. The molecule has 0 saturated carbocycles. The van der Waals surface area contributed by atoms with E-state index >= 15 is 0 Å². The molecule has 13 heteroatoms. The van der Waals surface area contributed by atoms with Crippen LogP contribution in [0.5, 0.6) is 5.75 Å². The van der Waals surface area contributed by atoms with Gasteiger partial charge in [0.1, 0.15) is 11.4 Å². The van der Waals surface area contributed by atoms with E-state index < -0.39 is 34.2 Å². The Hall–Kier alpha value is -4.55. The number of anilines is 2. The Labute approximate surface area is 186 Å². The second-order valence-electron chi connectivity index (χ2n) is 6.97. The smallest absolute Gasteiger partial charge is 0.311 e. The lowest BCUT2D eigenvalue weighted by Gasteiger charge is -2.16. The molecule has 3 rings (SSSR count). The molecule has 2 aromatic rings. The number of hydrogen-bond donors (Lipinski definition) is 1. The van der Waals surface area contributed by atoms with Crippen molar-refractivity contribution in [3.8, 4) is 5.75 Å².